The van der Waals surface area contributed by atoms with E-state index < -0.39 is 0 Å². The molecule has 0 spiro atoms. The van der Waals surface area contributed by atoms with Crippen molar-refractivity contribution >= 4 is 23.0 Å². The minimum Gasteiger partial charge on any atom is -0.362 e. The molecule has 0 aromatic carbocycles. The standard InChI is InChI=1S/C10H18N4OS/c1-3-4-5-11-10(16)13-9-6-12-14(7-9)8-15-2/h6-7H,3-5,8H2,1-2H3,(H2,11,13,16). The van der Waals surface area contributed by atoms with Crippen molar-refractivity contribution in [1.29, 1.82) is 0 Å². The molecule has 6 heteroatoms. The molecule has 0 radical (unpaired) electrons. The quantitative estimate of drug-likeness (QED) is 0.586. The average Bonchev–Trinajstić information content (AvgIpc) is 2.66. The van der Waals surface area contributed by atoms with Gasteiger partial charge < -0.3 is 15.4 Å². The Balaban J connectivity index is 2.31. The third-order valence-corrected chi connectivity index (χ3v) is 2.21. The summed E-state index contributed by atoms with van der Waals surface area (Å²) in [6.45, 7) is 3.49. The largest absolute Gasteiger partial charge is 0.362 e. The van der Waals surface area contributed by atoms with Crippen LogP contribution in [0.15, 0.2) is 12.4 Å². The molecule has 0 saturated carbocycles. The van der Waals surface area contributed by atoms with Crippen molar-refractivity contribution in [2.75, 3.05) is 19.0 Å². The normalized spacial score (nSPS) is 10.1. The molecular formula is C10H18N4OS. The van der Waals surface area contributed by atoms with E-state index in [0.717, 1.165) is 25.1 Å². The van der Waals surface area contributed by atoms with E-state index in [1.807, 2.05) is 6.20 Å². The van der Waals surface area contributed by atoms with Gasteiger partial charge in [-0.1, -0.05) is 13.3 Å². The highest BCUT2D eigenvalue weighted by atomic mass is 32.1. The first-order valence-corrected chi connectivity index (χ1v) is 5.73. The summed E-state index contributed by atoms with van der Waals surface area (Å²) in [6.07, 6.45) is 5.83. The van der Waals surface area contributed by atoms with E-state index in [0.29, 0.717) is 11.8 Å². The highest BCUT2D eigenvalue weighted by molar-refractivity contribution is 7.80. The molecule has 0 aliphatic carbocycles. The molecule has 1 aromatic heterocycles. The van der Waals surface area contributed by atoms with Gasteiger partial charge in [0, 0.05) is 13.7 Å². The summed E-state index contributed by atoms with van der Waals surface area (Å²) in [5.41, 5.74) is 0.867. The predicted molar refractivity (Wildman–Crippen MR) is 68.4 cm³/mol. The van der Waals surface area contributed by atoms with Gasteiger partial charge >= 0.3 is 0 Å². The first kappa shape index (κ1) is 12.9. The molecule has 0 aliphatic rings. The number of thiocarbonyl (C=S) groups is 1. The highest BCUT2D eigenvalue weighted by Gasteiger charge is 2.00. The predicted octanol–water partition coefficient (Wildman–Crippen LogP) is 1.57. The Morgan fingerprint density at radius 1 is 1.62 bits per heavy atom. The van der Waals surface area contributed by atoms with Gasteiger partial charge in [0.25, 0.3) is 0 Å². The molecule has 0 saturated heterocycles. The lowest BCUT2D eigenvalue weighted by Gasteiger charge is -2.07. The van der Waals surface area contributed by atoms with Gasteiger partial charge in [0.2, 0.25) is 0 Å². The molecule has 5 nitrogen and oxygen atoms in total. The van der Waals surface area contributed by atoms with Gasteiger partial charge in [-0.15, -0.1) is 0 Å². The Labute approximate surface area is 101 Å². The van der Waals surface area contributed by atoms with Crippen molar-refractivity contribution in [2.24, 2.45) is 0 Å². The molecule has 0 unspecified atom stereocenters. The van der Waals surface area contributed by atoms with Crippen molar-refractivity contribution in [3.63, 3.8) is 0 Å². The van der Waals surface area contributed by atoms with Crippen LogP contribution < -0.4 is 10.6 Å². The summed E-state index contributed by atoms with van der Waals surface area (Å²) in [6, 6.07) is 0. The number of aromatic nitrogens is 2. The zero-order valence-electron chi connectivity index (χ0n) is 9.69. The van der Waals surface area contributed by atoms with Crippen LogP contribution in [0.4, 0.5) is 5.69 Å². The fourth-order valence-electron chi connectivity index (χ4n) is 1.18. The van der Waals surface area contributed by atoms with Gasteiger partial charge in [0.1, 0.15) is 6.73 Å². The maximum atomic E-state index is 5.13. The van der Waals surface area contributed by atoms with Crippen molar-refractivity contribution in [1.82, 2.24) is 15.1 Å². The van der Waals surface area contributed by atoms with Crippen LogP contribution in [0.5, 0.6) is 0 Å². The van der Waals surface area contributed by atoms with E-state index in [4.69, 9.17) is 17.0 Å². The molecule has 1 rings (SSSR count). The van der Waals surface area contributed by atoms with Crippen LogP contribution in [0.2, 0.25) is 0 Å². The lowest BCUT2D eigenvalue weighted by Crippen LogP contribution is -2.28. The van der Waals surface area contributed by atoms with Gasteiger partial charge in [-0.3, -0.25) is 0 Å². The lowest BCUT2D eigenvalue weighted by molar-refractivity contribution is 0.120. The Hall–Kier alpha value is -1.14. The number of nitrogens with zero attached hydrogens (tertiary/aromatic N) is 2. The topological polar surface area (TPSA) is 51.1 Å². The highest BCUT2D eigenvalue weighted by Crippen LogP contribution is 2.04. The molecule has 0 bridgehead atoms. The van der Waals surface area contributed by atoms with Crippen LogP contribution in [-0.2, 0) is 11.5 Å². The maximum absolute atomic E-state index is 5.13. The minimum absolute atomic E-state index is 0.442. The van der Waals surface area contributed by atoms with Crippen LogP contribution in [0.25, 0.3) is 0 Å². The average molecular weight is 242 g/mol. The third kappa shape index (κ3) is 4.59. The van der Waals surface area contributed by atoms with Gasteiger partial charge in [-0.2, -0.15) is 5.10 Å². The van der Waals surface area contributed by atoms with Crippen molar-refractivity contribution in [3.05, 3.63) is 12.4 Å². The number of hydrogen-bond acceptors (Lipinski definition) is 3. The van der Waals surface area contributed by atoms with Gasteiger partial charge in [-0.25, -0.2) is 4.68 Å². The maximum Gasteiger partial charge on any atom is 0.170 e. The summed E-state index contributed by atoms with van der Waals surface area (Å²) in [4.78, 5) is 0. The lowest BCUT2D eigenvalue weighted by atomic mass is 10.3. The number of anilines is 1. The van der Waals surface area contributed by atoms with E-state index in [2.05, 4.69) is 22.7 Å². The molecule has 1 aromatic rings. The zero-order valence-corrected chi connectivity index (χ0v) is 10.5. The second-order valence-electron chi connectivity index (χ2n) is 3.42. The molecule has 90 valence electrons. The second-order valence-corrected chi connectivity index (χ2v) is 3.83. The van der Waals surface area contributed by atoms with Crippen LogP contribution in [0, 0.1) is 0 Å². The molecular weight excluding hydrogens is 224 g/mol. The number of unbranched alkanes of at least 4 members (excludes halogenated alkanes) is 1. The van der Waals surface area contributed by atoms with Crippen molar-refractivity contribution in [3.8, 4) is 0 Å². The zero-order chi connectivity index (χ0) is 11.8. The fourth-order valence-corrected chi connectivity index (χ4v) is 1.40. The summed E-state index contributed by atoms with van der Waals surface area (Å²) in [5, 5.41) is 10.9. The molecule has 1 heterocycles. The summed E-state index contributed by atoms with van der Waals surface area (Å²) < 4.78 is 6.64. The number of methoxy groups -OCH3 is 1. The monoisotopic (exact) mass is 242 g/mol. The summed E-state index contributed by atoms with van der Waals surface area (Å²) in [7, 11) is 1.63. The van der Waals surface area contributed by atoms with E-state index in [-0.39, 0.29) is 0 Å². The van der Waals surface area contributed by atoms with E-state index in [1.54, 1.807) is 18.0 Å². The molecule has 16 heavy (non-hydrogen) atoms. The second kappa shape index (κ2) is 7.19. The van der Waals surface area contributed by atoms with E-state index >= 15 is 0 Å². The van der Waals surface area contributed by atoms with Crippen LogP contribution in [-0.4, -0.2) is 28.5 Å². The van der Waals surface area contributed by atoms with Crippen LogP contribution in [0.3, 0.4) is 0 Å². The summed E-state index contributed by atoms with van der Waals surface area (Å²) >= 11 is 5.13. The Kier molecular flexibility index (Phi) is 5.81. The number of ether oxygens (including phenoxy) is 1. The third-order valence-electron chi connectivity index (χ3n) is 1.97. The molecule has 0 aliphatic heterocycles. The van der Waals surface area contributed by atoms with Crippen LogP contribution in [0.1, 0.15) is 19.8 Å². The molecule has 0 fully saturated rings. The molecule has 0 atom stereocenters. The fraction of sp³-hybridized carbons (Fsp3) is 0.600. The van der Waals surface area contributed by atoms with Gasteiger partial charge in [0.15, 0.2) is 5.11 Å². The number of hydrogen-bond donors (Lipinski definition) is 2. The Bertz CT molecular complexity index is 326. The number of rotatable bonds is 6. The smallest absolute Gasteiger partial charge is 0.170 e. The SMILES string of the molecule is CCCCNC(=S)Nc1cnn(COC)c1. The first-order chi connectivity index (χ1) is 7.76. The van der Waals surface area contributed by atoms with Gasteiger partial charge in [-0.05, 0) is 18.6 Å². The Morgan fingerprint density at radius 2 is 2.44 bits per heavy atom. The summed E-state index contributed by atoms with van der Waals surface area (Å²) in [5.74, 6) is 0. The molecule has 0 amide bonds. The van der Waals surface area contributed by atoms with Crippen molar-refractivity contribution < 1.29 is 4.74 Å². The number of nitrogens with one attached hydrogen (secondary N) is 2. The van der Waals surface area contributed by atoms with E-state index in [1.165, 1.54) is 0 Å². The minimum atomic E-state index is 0.442. The van der Waals surface area contributed by atoms with E-state index in [9.17, 15) is 0 Å². The van der Waals surface area contributed by atoms with Gasteiger partial charge in [0.05, 0.1) is 18.1 Å². The molecule has 2 N–H and O–H groups in total. The Morgan fingerprint density at radius 3 is 3.12 bits per heavy atom. The first-order valence-electron chi connectivity index (χ1n) is 5.32. The van der Waals surface area contributed by atoms with Crippen molar-refractivity contribution in [2.45, 2.75) is 26.5 Å². The van der Waals surface area contributed by atoms with Crippen LogP contribution >= 0.6 is 12.2 Å².